The summed E-state index contributed by atoms with van der Waals surface area (Å²) in [6.07, 6.45) is 0.503. The number of amides is 1. The number of carbonyl (C=O) groups is 1. The van der Waals surface area contributed by atoms with Crippen LogP contribution in [-0.4, -0.2) is 38.3 Å². The molecular weight excluding hydrogens is 240 g/mol. The van der Waals surface area contributed by atoms with E-state index >= 15 is 0 Å². The van der Waals surface area contributed by atoms with Crippen LogP contribution in [0.15, 0.2) is 18.2 Å². The zero-order valence-electron chi connectivity index (χ0n) is 11.8. The Morgan fingerprint density at radius 2 is 2.21 bits per heavy atom. The summed E-state index contributed by atoms with van der Waals surface area (Å²) in [6, 6.07) is 6.28. The van der Waals surface area contributed by atoms with Crippen LogP contribution in [0, 0.1) is 13.8 Å². The van der Waals surface area contributed by atoms with Crippen LogP contribution >= 0.6 is 0 Å². The maximum absolute atomic E-state index is 12.1. The Labute approximate surface area is 114 Å². The average Bonchev–Trinajstić information content (AvgIpc) is 2.81. The third-order valence-corrected chi connectivity index (χ3v) is 3.66. The lowest BCUT2D eigenvalue weighted by atomic mass is 10.0. The van der Waals surface area contributed by atoms with E-state index in [2.05, 4.69) is 28.8 Å². The third-order valence-electron chi connectivity index (χ3n) is 3.66. The van der Waals surface area contributed by atoms with E-state index in [1.54, 1.807) is 7.11 Å². The van der Waals surface area contributed by atoms with E-state index in [9.17, 15) is 4.79 Å². The molecule has 1 aromatic rings. The molecule has 0 aliphatic carbocycles. The van der Waals surface area contributed by atoms with Crippen molar-refractivity contribution in [1.82, 2.24) is 10.6 Å². The van der Waals surface area contributed by atoms with Gasteiger partial charge in [-0.05, 0) is 25.0 Å². The van der Waals surface area contributed by atoms with Gasteiger partial charge in [0.15, 0.2) is 0 Å². The second-order valence-electron chi connectivity index (χ2n) is 5.21. The standard InChI is InChI=1S/C15H22N2O2/c1-10-4-5-11(2)12(6-10)7-15(18)17-13-8-16-9-14(13)19-3/h4-6,13-14,16H,7-9H2,1-3H3,(H,17,18). The molecule has 2 N–H and O–H groups in total. The molecule has 1 saturated heterocycles. The largest absolute Gasteiger partial charge is 0.378 e. The molecule has 4 nitrogen and oxygen atoms in total. The maximum atomic E-state index is 12.1. The molecule has 1 heterocycles. The minimum Gasteiger partial charge on any atom is -0.378 e. The van der Waals surface area contributed by atoms with Crippen molar-refractivity contribution in [3.05, 3.63) is 34.9 Å². The van der Waals surface area contributed by atoms with Gasteiger partial charge in [-0.15, -0.1) is 0 Å². The predicted molar refractivity (Wildman–Crippen MR) is 75.2 cm³/mol. The molecule has 0 spiro atoms. The van der Waals surface area contributed by atoms with Crippen molar-refractivity contribution >= 4 is 5.91 Å². The predicted octanol–water partition coefficient (Wildman–Crippen LogP) is 0.949. The number of benzene rings is 1. The molecule has 0 bridgehead atoms. The highest BCUT2D eigenvalue weighted by molar-refractivity contribution is 5.79. The van der Waals surface area contributed by atoms with E-state index < -0.39 is 0 Å². The van der Waals surface area contributed by atoms with Crippen LogP contribution in [-0.2, 0) is 16.0 Å². The van der Waals surface area contributed by atoms with Crippen LogP contribution in [0.2, 0.25) is 0 Å². The Hall–Kier alpha value is -1.39. The number of ether oxygens (including phenoxy) is 1. The molecule has 2 unspecified atom stereocenters. The number of methoxy groups -OCH3 is 1. The Balaban J connectivity index is 1.95. The summed E-state index contributed by atoms with van der Waals surface area (Å²) in [7, 11) is 1.68. The average molecular weight is 262 g/mol. The molecular formula is C15H22N2O2. The highest BCUT2D eigenvalue weighted by Gasteiger charge is 2.28. The Morgan fingerprint density at radius 3 is 2.95 bits per heavy atom. The number of nitrogens with one attached hydrogen (secondary N) is 2. The number of hydrogen-bond acceptors (Lipinski definition) is 3. The number of carbonyl (C=O) groups excluding carboxylic acids is 1. The van der Waals surface area contributed by atoms with Gasteiger partial charge in [0.2, 0.25) is 5.91 Å². The molecule has 104 valence electrons. The molecule has 19 heavy (non-hydrogen) atoms. The first-order valence-corrected chi connectivity index (χ1v) is 6.69. The topological polar surface area (TPSA) is 50.4 Å². The quantitative estimate of drug-likeness (QED) is 0.849. The second-order valence-corrected chi connectivity index (χ2v) is 5.21. The van der Waals surface area contributed by atoms with Crippen LogP contribution in [0.1, 0.15) is 16.7 Å². The van der Waals surface area contributed by atoms with Crippen molar-refractivity contribution in [3.8, 4) is 0 Å². The number of aryl methyl sites for hydroxylation is 2. The van der Waals surface area contributed by atoms with Gasteiger partial charge in [0.25, 0.3) is 0 Å². The normalized spacial score (nSPS) is 22.5. The fourth-order valence-corrected chi connectivity index (χ4v) is 2.47. The Bertz CT molecular complexity index is 459. The fourth-order valence-electron chi connectivity index (χ4n) is 2.47. The van der Waals surface area contributed by atoms with E-state index in [1.807, 2.05) is 13.8 Å². The molecule has 2 rings (SSSR count). The molecule has 1 aliphatic rings. The van der Waals surface area contributed by atoms with Gasteiger partial charge in [0.05, 0.1) is 18.6 Å². The molecule has 1 aromatic carbocycles. The molecule has 4 heteroatoms. The van der Waals surface area contributed by atoms with Crippen LogP contribution in [0.3, 0.4) is 0 Å². The van der Waals surface area contributed by atoms with Gasteiger partial charge in [-0.2, -0.15) is 0 Å². The van der Waals surface area contributed by atoms with Gasteiger partial charge in [-0.3, -0.25) is 4.79 Å². The van der Waals surface area contributed by atoms with E-state index in [-0.39, 0.29) is 18.1 Å². The van der Waals surface area contributed by atoms with Crippen molar-refractivity contribution in [1.29, 1.82) is 0 Å². The summed E-state index contributed by atoms with van der Waals surface area (Å²) < 4.78 is 5.34. The summed E-state index contributed by atoms with van der Waals surface area (Å²) in [6.45, 7) is 5.65. The summed E-state index contributed by atoms with van der Waals surface area (Å²) in [5.74, 6) is 0.0597. The summed E-state index contributed by atoms with van der Waals surface area (Å²) in [5.41, 5.74) is 3.44. The van der Waals surface area contributed by atoms with Gasteiger partial charge in [0.1, 0.15) is 0 Å². The molecule has 0 saturated carbocycles. The van der Waals surface area contributed by atoms with Crippen molar-refractivity contribution in [2.75, 3.05) is 20.2 Å². The molecule has 1 amide bonds. The second kappa shape index (κ2) is 6.17. The fraction of sp³-hybridized carbons (Fsp3) is 0.533. The first-order chi connectivity index (χ1) is 9.10. The molecule has 0 radical (unpaired) electrons. The highest BCUT2D eigenvalue weighted by atomic mass is 16.5. The zero-order valence-corrected chi connectivity index (χ0v) is 11.8. The molecule has 2 atom stereocenters. The number of rotatable bonds is 4. The van der Waals surface area contributed by atoms with Gasteiger partial charge in [0, 0.05) is 20.2 Å². The Morgan fingerprint density at radius 1 is 1.42 bits per heavy atom. The Kier molecular flexibility index (Phi) is 4.56. The first-order valence-electron chi connectivity index (χ1n) is 6.69. The SMILES string of the molecule is COC1CNCC1NC(=O)Cc1cc(C)ccc1C. The van der Waals surface area contributed by atoms with Crippen molar-refractivity contribution in [2.24, 2.45) is 0 Å². The van der Waals surface area contributed by atoms with Crippen LogP contribution < -0.4 is 10.6 Å². The van der Waals surface area contributed by atoms with Crippen LogP contribution in [0.4, 0.5) is 0 Å². The minimum absolute atomic E-state index is 0.0597. The highest BCUT2D eigenvalue weighted by Crippen LogP contribution is 2.12. The molecule has 1 aliphatic heterocycles. The van der Waals surface area contributed by atoms with E-state index in [0.29, 0.717) is 6.42 Å². The summed E-state index contributed by atoms with van der Waals surface area (Å²) in [4.78, 5) is 12.1. The van der Waals surface area contributed by atoms with Gasteiger partial charge >= 0.3 is 0 Å². The van der Waals surface area contributed by atoms with E-state index in [1.165, 1.54) is 5.56 Å². The lowest BCUT2D eigenvalue weighted by Gasteiger charge is -2.19. The van der Waals surface area contributed by atoms with Crippen molar-refractivity contribution in [2.45, 2.75) is 32.4 Å². The molecule has 1 fully saturated rings. The lowest BCUT2D eigenvalue weighted by molar-refractivity contribution is -0.121. The van der Waals surface area contributed by atoms with Crippen LogP contribution in [0.25, 0.3) is 0 Å². The van der Waals surface area contributed by atoms with Crippen LogP contribution in [0.5, 0.6) is 0 Å². The third kappa shape index (κ3) is 3.55. The monoisotopic (exact) mass is 262 g/mol. The maximum Gasteiger partial charge on any atom is 0.224 e. The van der Waals surface area contributed by atoms with Gasteiger partial charge in [-0.25, -0.2) is 0 Å². The summed E-state index contributed by atoms with van der Waals surface area (Å²) >= 11 is 0. The van der Waals surface area contributed by atoms with Gasteiger partial charge in [-0.1, -0.05) is 23.8 Å². The minimum atomic E-state index is 0.0597. The first kappa shape index (κ1) is 14.0. The summed E-state index contributed by atoms with van der Waals surface area (Å²) in [5, 5.41) is 6.27. The van der Waals surface area contributed by atoms with E-state index in [0.717, 1.165) is 24.2 Å². The smallest absolute Gasteiger partial charge is 0.224 e. The van der Waals surface area contributed by atoms with Gasteiger partial charge < -0.3 is 15.4 Å². The van der Waals surface area contributed by atoms with Crippen molar-refractivity contribution in [3.63, 3.8) is 0 Å². The molecule has 0 aromatic heterocycles. The lowest BCUT2D eigenvalue weighted by Crippen LogP contribution is -2.44. The number of hydrogen-bond donors (Lipinski definition) is 2. The zero-order chi connectivity index (χ0) is 13.8. The van der Waals surface area contributed by atoms with E-state index in [4.69, 9.17) is 4.74 Å². The van der Waals surface area contributed by atoms with Crippen molar-refractivity contribution < 1.29 is 9.53 Å².